The Kier molecular flexibility index (Phi) is 3.87. The molecule has 2 aliphatic rings. The molecule has 0 bridgehead atoms. The summed E-state index contributed by atoms with van der Waals surface area (Å²) in [7, 11) is 0. The molecule has 19 heavy (non-hydrogen) atoms. The SMILES string of the molecule is NC1(c2n[nH]c(C3CCCCC3)n2)CCCCCC1. The number of nitrogens with zero attached hydrogens (tertiary/aromatic N) is 2. The zero-order valence-corrected chi connectivity index (χ0v) is 11.8. The molecule has 106 valence electrons. The standard InChI is InChI=1S/C15H26N4/c16-15(10-6-1-2-7-11-15)14-17-13(18-19-14)12-8-4-3-5-9-12/h12H,1-11,16H2,(H,17,18,19). The number of H-pyrrole nitrogens is 1. The maximum absolute atomic E-state index is 6.58. The summed E-state index contributed by atoms with van der Waals surface area (Å²) in [4.78, 5) is 4.78. The molecule has 2 aliphatic carbocycles. The maximum Gasteiger partial charge on any atom is 0.170 e. The van der Waals surface area contributed by atoms with Crippen molar-refractivity contribution in [1.82, 2.24) is 15.2 Å². The third-order valence-electron chi connectivity index (χ3n) is 4.94. The average Bonchev–Trinajstić information content (AvgIpc) is 2.85. The van der Waals surface area contributed by atoms with E-state index in [1.54, 1.807) is 0 Å². The topological polar surface area (TPSA) is 67.6 Å². The van der Waals surface area contributed by atoms with Gasteiger partial charge in [0.15, 0.2) is 5.82 Å². The molecule has 0 aromatic carbocycles. The molecule has 3 N–H and O–H groups in total. The quantitative estimate of drug-likeness (QED) is 0.803. The Hall–Kier alpha value is -0.900. The lowest BCUT2D eigenvalue weighted by atomic mass is 9.88. The highest BCUT2D eigenvalue weighted by Crippen LogP contribution is 2.34. The van der Waals surface area contributed by atoms with Crippen LogP contribution in [0.15, 0.2) is 0 Å². The van der Waals surface area contributed by atoms with Crippen molar-refractivity contribution in [2.45, 2.75) is 82.1 Å². The van der Waals surface area contributed by atoms with Crippen LogP contribution in [0.4, 0.5) is 0 Å². The van der Waals surface area contributed by atoms with Crippen LogP contribution in [0, 0.1) is 0 Å². The average molecular weight is 262 g/mol. The van der Waals surface area contributed by atoms with E-state index in [2.05, 4.69) is 10.2 Å². The summed E-state index contributed by atoms with van der Waals surface area (Å²) < 4.78 is 0. The van der Waals surface area contributed by atoms with Gasteiger partial charge in [-0.15, -0.1) is 0 Å². The highest BCUT2D eigenvalue weighted by molar-refractivity contribution is 5.08. The monoisotopic (exact) mass is 262 g/mol. The van der Waals surface area contributed by atoms with Crippen LogP contribution in [0.3, 0.4) is 0 Å². The maximum atomic E-state index is 6.58. The number of aromatic amines is 1. The molecule has 1 aromatic heterocycles. The van der Waals surface area contributed by atoms with Gasteiger partial charge in [-0.1, -0.05) is 44.9 Å². The number of nitrogens with one attached hydrogen (secondary N) is 1. The first kappa shape index (κ1) is 13.1. The Morgan fingerprint density at radius 1 is 0.947 bits per heavy atom. The van der Waals surface area contributed by atoms with E-state index in [-0.39, 0.29) is 5.54 Å². The summed E-state index contributed by atoms with van der Waals surface area (Å²) in [6.45, 7) is 0. The summed E-state index contributed by atoms with van der Waals surface area (Å²) >= 11 is 0. The first-order valence-corrected chi connectivity index (χ1v) is 8.00. The third-order valence-corrected chi connectivity index (χ3v) is 4.94. The molecule has 4 heteroatoms. The summed E-state index contributed by atoms with van der Waals surface area (Å²) in [5.74, 6) is 2.54. The van der Waals surface area contributed by atoms with Gasteiger partial charge < -0.3 is 5.73 Å². The molecule has 0 radical (unpaired) electrons. The number of hydrogen-bond acceptors (Lipinski definition) is 3. The third kappa shape index (κ3) is 2.83. The Labute approximate surface area is 115 Å². The van der Waals surface area contributed by atoms with Crippen LogP contribution in [0.25, 0.3) is 0 Å². The molecule has 0 saturated heterocycles. The van der Waals surface area contributed by atoms with Crippen LogP contribution in [0.2, 0.25) is 0 Å². The predicted octanol–water partition coefficient (Wildman–Crippen LogP) is 3.36. The lowest BCUT2D eigenvalue weighted by Crippen LogP contribution is -2.37. The molecule has 0 amide bonds. The molecule has 0 aliphatic heterocycles. The van der Waals surface area contributed by atoms with Crippen molar-refractivity contribution in [3.8, 4) is 0 Å². The Morgan fingerprint density at radius 2 is 1.58 bits per heavy atom. The van der Waals surface area contributed by atoms with E-state index in [4.69, 9.17) is 10.7 Å². The molecule has 1 heterocycles. The molecule has 3 rings (SSSR count). The van der Waals surface area contributed by atoms with Crippen molar-refractivity contribution in [3.05, 3.63) is 11.6 Å². The number of nitrogens with two attached hydrogens (primary N) is 1. The minimum absolute atomic E-state index is 0.278. The van der Waals surface area contributed by atoms with Gasteiger partial charge in [-0.2, -0.15) is 5.10 Å². The van der Waals surface area contributed by atoms with E-state index in [0.29, 0.717) is 5.92 Å². The molecule has 0 spiro atoms. The first-order chi connectivity index (χ1) is 9.28. The fourth-order valence-corrected chi connectivity index (χ4v) is 3.64. The van der Waals surface area contributed by atoms with Gasteiger partial charge in [-0.05, 0) is 25.7 Å². The Morgan fingerprint density at radius 3 is 2.26 bits per heavy atom. The molecular formula is C15H26N4. The van der Waals surface area contributed by atoms with Gasteiger partial charge in [0.1, 0.15) is 5.82 Å². The molecule has 2 fully saturated rings. The lowest BCUT2D eigenvalue weighted by molar-refractivity contribution is 0.362. The molecular weight excluding hydrogens is 236 g/mol. The largest absolute Gasteiger partial charge is 0.319 e. The van der Waals surface area contributed by atoms with Gasteiger partial charge in [0, 0.05) is 5.92 Å². The van der Waals surface area contributed by atoms with E-state index in [9.17, 15) is 0 Å². The van der Waals surface area contributed by atoms with Crippen LogP contribution >= 0.6 is 0 Å². The van der Waals surface area contributed by atoms with Crippen molar-refractivity contribution in [2.75, 3.05) is 0 Å². The van der Waals surface area contributed by atoms with Crippen LogP contribution in [-0.4, -0.2) is 15.2 Å². The van der Waals surface area contributed by atoms with Crippen molar-refractivity contribution in [1.29, 1.82) is 0 Å². The minimum Gasteiger partial charge on any atom is -0.319 e. The fraction of sp³-hybridized carbons (Fsp3) is 0.867. The second-order valence-electron chi connectivity index (χ2n) is 6.45. The van der Waals surface area contributed by atoms with Crippen molar-refractivity contribution < 1.29 is 0 Å². The summed E-state index contributed by atoms with van der Waals surface area (Å²) in [5.41, 5.74) is 6.30. The van der Waals surface area contributed by atoms with Gasteiger partial charge >= 0.3 is 0 Å². The minimum atomic E-state index is -0.278. The van der Waals surface area contributed by atoms with E-state index >= 15 is 0 Å². The number of rotatable bonds is 2. The molecule has 4 nitrogen and oxygen atoms in total. The molecule has 2 saturated carbocycles. The summed E-state index contributed by atoms with van der Waals surface area (Å²) in [6, 6.07) is 0. The van der Waals surface area contributed by atoms with Crippen molar-refractivity contribution in [3.63, 3.8) is 0 Å². The van der Waals surface area contributed by atoms with E-state index in [1.165, 1.54) is 57.8 Å². The zero-order valence-electron chi connectivity index (χ0n) is 11.8. The van der Waals surface area contributed by atoms with Crippen LogP contribution in [0.5, 0.6) is 0 Å². The number of aromatic nitrogens is 3. The zero-order chi connectivity index (χ0) is 13.1. The second-order valence-corrected chi connectivity index (χ2v) is 6.45. The molecule has 0 unspecified atom stereocenters. The van der Waals surface area contributed by atoms with E-state index < -0.39 is 0 Å². The van der Waals surface area contributed by atoms with Gasteiger partial charge in [0.25, 0.3) is 0 Å². The Balaban J connectivity index is 1.75. The molecule has 0 atom stereocenters. The normalized spacial score (nSPS) is 25.1. The van der Waals surface area contributed by atoms with Crippen LogP contribution < -0.4 is 5.73 Å². The summed E-state index contributed by atoms with van der Waals surface area (Å²) in [5, 5.41) is 7.64. The van der Waals surface area contributed by atoms with Gasteiger partial charge in [0.2, 0.25) is 0 Å². The smallest absolute Gasteiger partial charge is 0.170 e. The Bertz CT molecular complexity index is 398. The van der Waals surface area contributed by atoms with E-state index in [1.807, 2.05) is 0 Å². The van der Waals surface area contributed by atoms with Gasteiger partial charge in [-0.25, -0.2) is 4.98 Å². The van der Waals surface area contributed by atoms with E-state index in [0.717, 1.165) is 24.5 Å². The molecule has 1 aromatic rings. The van der Waals surface area contributed by atoms with Crippen molar-refractivity contribution in [2.24, 2.45) is 5.73 Å². The van der Waals surface area contributed by atoms with Gasteiger partial charge in [-0.3, -0.25) is 5.10 Å². The predicted molar refractivity (Wildman–Crippen MR) is 75.8 cm³/mol. The lowest BCUT2D eigenvalue weighted by Gasteiger charge is -2.24. The fourth-order valence-electron chi connectivity index (χ4n) is 3.64. The highest BCUT2D eigenvalue weighted by Gasteiger charge is 2.33. The second kappa shape index (κ2) is 5.61. The highest BCUT2D eigenvalue weighted by atomic mass is 15.2. The number of hydrogen-bond donors (Lipinski definition) is 2. The van der Waals surface area contributed by atoms with Gasteiger partial charge in [0.05, 0.1) is 5.54 Å². The van der Waals surface area contributed by atoms with Crippen LogP contribution in [0.1, 0.15) is 88.2 Å². The summed E-state index contributed by atoms with van der Waals surface area (Å²) in [6.07, 6.45) is 13.6. The first-order valence-electron chi connectivity index (χ1n) is 8.00. The van der Waals surface area contributed by atoms with Crippen molar-refractivity contribution >= 4 is 0 Å². The van der Waals surface area contributed by atoms with Crippen LogP contribution in [-0.2, 0) is 5.54 Å².